The predicted molar refractivity (Wildman–Crippen MR) is 97.2 cm³/mol. The maximum absolute atomic E-state index is 12.7. The number of halogens is 2. The molecule has 6 nitrogen and oxygen atoms in total. The van der Waals surface area contributed by atoms with Crippen LogP contribution in [0.25, 0.3) is 5.69 Å². The number of aryl methyl sites for hydroxylation is 1. The second-order valence-corrected chi connectivity index (χ2v) is 7.75. The van der Waals surface area contributed by atoms with E-state index in [0.29, 0.717) is 11.4 Å². The van der Waals surface area contributed by atoms with Gasteiger partial charge in [-0.2, -0.15) is 5.10 Å². The molecule has 0 radical (unpaired) electrons. The summed E-state index contributed by atoms with van der Waals surface area (Å²) in [5, 5.41) is 14.2. The Morgan fingerprint density at radius 3 is 2.48 bits per heavy atom. The summed E-state index contributed by atoms with van der Waals surface area (Å²) in [5.74, 6) is -0.347. The molecule has 0 atom stereocenters. The number of sulfonamides is 1. The molecule has 1 heterocycles. The quantitative estimate of drug-likeness (QED) is 0.696. The van der Waals surface area contributed by atoms with Crippen LogP contribution in [-0.4, -0.2) is 23.3 Å². The number of nitrogens with zero attached hydrogens (tertiary/aromatic N) is 2. The van der Waals surface area contributed by atoms with Crippen LogP contribution in [0.2, 0.25) is 10.0 Å². The summed E-state index contributed by atoms with van der Waals surface area (Å²) in [5.41, 5.74) is 1.30. The first-order chi connectivity index (χ1) is 11.8. The van der Waals surface area contributed by atoms with Crippen molar-refractivity contribution >= 4 is 39.0 Å². The number of hydrogen-bond acceptors (Lipinski definition) is 4. The minimum atomic E-state index is -4.14. The van der Waals surface area contributed by atoms with Gasteiger partial charge in [-0.05, 0) is 31.2 Å². The molecule has 3 rings (SSSR count). The molecular weight excluding hydrogens is 385 g/mol. The van der Waals surface area contributed by atoms with Crippen LogP contribution in [0.1, 0.15) is 5.69 Å². The Hall–Kier alpha value is -2.22. The number of aromatic hydroxyl groups is 1. The lowest BCUT2D eigenvalue weighted by atomic mass is 10.3. The summed E-state index contributed by atoms with van der Waals surface area (Å²) in [6.07, 6.45) is 0. The first-order valence-corrected chi connectivity index (χ1v) is 9.35. The highest BCUT2D eigenvalue weighted by atomic mass is 35.5. The first kappa shape index (κ1) is 17.6. The van der Waals surface area contributed by atoms with Crippen molar-refractivity contribution in [3.63, 3.8) is 0 Å². The molecule has 0 spiro atoms. The smallest absolute Gasteiger partial charge is 0.266 e. The molecule has 0 aliphatic carbocycles. The van der Waals surface area contributed by atoms with Crippen LogP contribution < -0.4 is 4.72 Å². The predicted octanol–water partition coefficient (Wildman–Crippen LogP) is 3.99. The zero-order chi connectivity index (χ0) is 18.2. The molecule has 0 bridgehead atoms. The van der Waals surface area contributed by atoms with Crippen LogP contribution in [0.3, 0.4) is 0 Å². The van der Waals surface area contributed by atoms with E-state index in [9.17, 15) is 13.5 Å². The summed E-state index contributed by atoms with van der Waals surface area (Å²) in [6.45, 7) is 1.74. The SMILES string of the molecule is Cc1cc(NS(=O)(=O)c2cc(Cl)cc(Cl)c2O)n(-c2ccccc2)n1. The van der Waals surface area contributed by atoms with Crippen molar-refractivity contribution in [2.24, 2.45) is 0 Å². The van der Waals surface area contributed by atoms with Crippen LogP contribution in [0.4, 0.5) is 5.82 Å². The van der Waals surface area contributed by atoms with Gasteiger partial charge in [0.1, 0.15) is 10.7 Å². The lowest BCUT2D eigenvalue weighted by molar-refractivity contribution is 0.459. The van der Waals surface area contributed by atoms with Crippen molar-refractivity contribution in [3.8, 4) is 11.4 Å². The van der Waals surface area contributed by atoms with Gasteiger partial charge >= 0.3 is 0 Å². The van der Waals surface area contributed by atoms with E-state index >= 15 is 0 Å². The number of hydrogen-bond donors (Lipinski definition) is 2. The number of rotatable bonds is 4. The fraction of sp³-hybridized carbons (Fsp3) is 0.0625. The molecule has 25 heavy (non-hydrogen) atoms. The zero-order valence-electron chi connectivity index (χ0n) is 12.9. The Labute approximate surface area is 154 Å². The molecule has 3 aromatic rings. The van der Waals surface area contributed by atoms with Crippen LogP contribution >= 0.6 is 23.2 Å². The van der Waals surface area contributed by atoms with E-state index in [2.05, 4.69) is 9.82 Å². The summed E-state index contributed by atoms with van der Waals surface area (Å²) in [6, 6.07) is 13.0. The molecule has 130 valence electrons. The molecule has 2 aromatic carbocycles. The maximum atomic E-state index is 12.7. The monoisotopic (exact) mass is 397 g/mol. The highest BCUT2D eigenvalue weighted by Crippen LogP contribution is 2.35. The van der Waals surface area contributed by atoms with Gasteiger partial charge in [0, 0.05) is 11.1 Å². The number of phenolic OH excluding ortho intramolecular Hbond substituents is 1. The van der Waals surface area contributed by atoms with Crippen molar-refractivity contribution < 1.29 is 13.5 Å². The standard InChI is InChI=1S/C16H13Cl2N3O3S/c1-10-7-15(21(19-10)12-5-3-2-4-6-12)20-25(23,24)14-9-11(17)8-13(18)16(14)22/h2-9,20,22H,1H3. The van der Waals surface area contributed by atoms with Crippen LogP contribution in [0.15, 0.2) is 53.4 Å². The largest absolute Gasteiger partial charge is 0.505 e. The molecule has 0 aliphatic heterocycles. The number of para-hydroxylation sites is 1. The third-order valence-corrected chi connectivity index (χ3v) is 5.23. The molecule has 0 amide bonds. The van der Waals surface area contributed by atoms with Gasteiger partial charge in [0.25, 0.3) is 10.0 Å². The Morgan fingerprint density at radius 1 is 1.12 bits per heavy atom. The molecular formula is C16H13Cl2N3O3S. The number of phenols is 1. The number of benzene rings is 2. The molecule has 0 unspecified atom stereocenters. The topological polar surface area (TPSA) is 84.2 Å². The summed E-state index contributed by atoms with van der Waals surface area (Å²) in [7, 11) is -4.14. The minimum absolute atomic E-state index is 0.0934. The molecule has 0 aliphatic rings. The fourth-order valence-electron chi connectivity index (χ4n) is 2.28. The van der Waals surface area contributed by atoms with E-state index in [4.69, 9.17) is 23.2 Å². The van der Waals surface area contributed by atoms with Crippen molar-refractivity contribution in [3.05, 3.63) is 64.3 Å². The van der Waals surface area contributed by atoms with Gasteiger partial charge in [-0.3, -0.25) is 4.72 Å². The van der Waals surface area contributed by atoms with Crippen molar-refractivity contribution in [2.45, 2.75) is 11.8 Å². The van der Waals surface area contributed by atoms with Crippen LogP contribution in [0, 0.1) is 6.92 Å². The van der Waals surface area contributed by atoms with Gasteiger partial charge < -0.3 is 5.11 Å². The summed E-state index contributed by atoms with van der Waals surface area (Å²) < 4.78 is 29.2. The average Bonchev–Trinajstić information content (AvgIpc) is 2.91. The molecule has 0 fully saturated rings. The molecule has 0 saturated carbocycles. The molecule has 2 N–H and O–H groups in total. The fourth-order valence-corrected chi connectivity index (χ4v) is 4.07. The van der Waals surface area contributed by atoms with E-state index in [1.807, 2.05) is 18.2 Å². The normalized spacial score (nSPS) is 11.5. The molecule has 1 aromatic heterocycles. The van der Waals surface area contributed by atoms with Gasteiger partial charge in [0.2, 0.25) is 0 Å². The Morgan fingerprint density at radius 2 is 1.80 bits per heavy atom. The molecule has 9 heteroatoms. The van der Waals surface area contributed by atoms with E-state index in [1.54, 1.807) is 25.1 Å². The lowest BCUT2D eigenvalue weighted by Crippen LogP contribution is -2.16. The van der Waals surface area contributed by atoms with E-state index in [1.165, 1.54) is 10.7 Å². The van der Waals surface area contributed by atoms with Gasteiger partial charge in [-0.15, -0.1) is 0 Å². The maximum Gasteiger partial charge on any atom is 0.266 e. The van der Waals surface area contributed by atoms with Gasteiger partial charge in [-0.25, -0.2) is 13.1 Å². The van der Waals surface area contributed by atoms with E-state index in [0.717, 1.165) is 6.07 Å². The number of anilines is 1. The van der Waals surface area contributed by atoms with Gasteiger partial charge in [0.15, 0.2) is 5.75 Å². The number of aromatic nitrogens is 2. The van der Waals surface area contributed by atoms with Crippen LogP contribution in [-0.2, 0) is 10.0 Å². The highest BCUT2D eigenvalue weighted by molar-refractivity contribution is 7.92. The van der Waals surface area contributed by atoms with Gasteiger partial charge in [0.05, 0.1) is 16.4 Å². The van der Waals surface area contributed by atoms with E-state index < -0.39 is 20.7 Å². The second-order valence-electron chi connectivity index (χ2n) is 5.26. The van der Waals surface area contributed by atoms with Crippen LogP contribution in [0.5, 0.6) is 5.75 Å². The summed E-state index contributed by atoms with van der Waals surface area (Å²) in [4.78, 5) is -0.413. The number of nitrogens with one attached hydrogen (secondary N) is 1. The van der Waals surface area contributed by atoms with Crippen molar-refractivity contribution in [2.75, 3.05) is 4.72 Å². The highest BCUT2D eigenvalue weighted by Gasteiger charge is 2.23. The van der Waals surface area contributed by atoms with Gasteiger partial charge in [-0.1, -0.05) is 41.4 Å². The zero-order valence-corrected chi connectivity index (χ0v) is 15.3. The summed E-state index contributed by atoms with van der Waals surface area (Å²) >= 11 is 11.7. The van der Waals surface area contributed by atoms with Crippen molar-refractivity contribution in [1.82, 2.24) is 9.78 Å². The first-order valence-electron chi connectivity index (χ1n) is 7.11. The third-order valence-electron chi connectivity index (χ3n) is 3.35. The average molecular weight is 398 g/mol. The lowest BCUT2D eigenvalue weighted by Gasteiger charge is -2.12. The minimum Gasteiger partial charge on any atom is -0.505 e. The van der Waals surface area contributed by atoms with E-state index in [-0.39, 0.29) is 15.9 Å². The Balaban J connectivity index is 2.06. The Bertz CT molecular complexity index is 1030. The second kappa shape index (κ2) is 6.59. The Kier molecular flexibility index (Phi) is 4.64. The molecule has 0 saturated heterocycles. The van der Waals surface area contributed by atoms with Crippen molar-refractivity contribution in [1.29, 1.82) is 0 Å². The third kappa shape index (κ3) is 3.58.